The summed E-state index contributed by atoms with van der Waals surface area (Å²) in [7, 11) is -3.74. The van der Waals surface area contributed by atoms with E-state index in [9.17, 15) is 18.0 Å². The van der Waals surface area contributed by atoms with Crippen LogP contribution in [0.4, 0.5) is 5.69 Å². The molecule has 3 N–H and O–H groups in total. The Morgan fingerprint density at radius 1 is 0.633 bits per heavy atom. The summed E-state index contributed by atoms with van der Waals surface area (Å²) in [6, 6.07) is 23.0. The first-order valence-corrected chi connectivity index (χ1v) is 10.7. The molecule has 7 nitrogen and oxygen atoms in total. The van der Waals surface area contributed by atoms with Crippen molar-refractivity contribution < 1.29 is 18.0 Å². The molecule has 0 aromatic heterocycles. The van der Waals surface area contributed by atoms with Gasteiger partial charge in [-0.3, -0.25) is 14.3 Å². The van der Waals surface area contributed by atoms with Gasteiger partial charge in [-0.15, -0.1) is 0 Å². The van der Waals surface area contributed by atoms with Crippen LogP contribution in [0.5, 0.6) is 0 Å². The highest BCUT2D eigenvalue weighted by molar-refractivity contribution is 7.92. The molecule has 30 heavy (non-hydrogen) atoms. The number of anilines is 1. The molecule has 0 saturated carbocycles. The number of amides is 2. The lowest BCUT2D eigenvalue weighted by molar-refractivity contribution is 0.0927. The molecule has 0 aliphatic heterocycles. The second-order valence-corrected chi connectivity index (χ2v) is 8.06. The number of sulfonamides is 1. The SMILES string of the molecule is O=C(NCCNC(=O)c1ccc(S(=O)(=O)Nc2ccccc2)cc1)c1ccccc1. The summed E-state index contributed by atoms with van der Waals surface area (Å²) in [5, 5.41) is 5.40. The van der Waals surface area contributed by atoms with Crippen molar-refractivity contribution >= 4 is 27.5 Å². The highest BCUT2D eigenvalue weighted by Crippen LogP contribution is 2.16. The molecular formula is C22H21N3O4S. The molecule has 154 valence electrons. The van der Waals surface area contributed by atoms with Gasteiger partial charge in [-0.2, -0.15) is 0 Å². The zero-order valence-corrected chi connectivity index (χ0v) is 16.9. The summed E-state index contributed by atoms with van der Waals surface area (Å²) in [5.74, 6) is -0.575. The molecular weight excluding hydrogens is 402 g/mol. The first kappa shape index (κ1) is 21.1. The molecule has 0 fully saturated rings. The van der Waals surface area contributed by atoms with Gasteiger partial charge in [-0.05, 0) is 48.5 Å². The molecule has 0 atom stereocenters. The van der Waals surface area contributed by atoms with Crippen LogP contribution >= 0.6 is 0 Å². The fraction of sp³-hybridized carbons (Fsp3) is 0.0909. The zero-order valence-electron chi connectivity index (χ0n) is 16.0. The fourth-order valence-corrected chi connectivity index (χ4v) is 3.71. The van der Waals surface area contributed by atoms with E-state index in [2.05, 4.69) is 15.4 Å². The van der Waals surface area contributed by atoms with E-state index in [1.54, 1.807) is 54.6 Å². The van der Waals surface area contributed by atoms with Crippen molar-refractivity contribution in [1.82, 2.24) is 10.6 Å². The number of benzene rings is 3. The topological polar surface area (TPSA) is 104 Å². The van der Waals surface area contributed by atoms with Gasteiger partial charge in [0.25, 0.3) is 21.8 Å². The van der Waals surface area contributed by atoms with E-state index < -0.39 is 10.0 Å². The fourth-order valence-electron chi connectivity index (χ4n) is 2.65. The van der Waals surface area contributed by atoms with Crippen LogP contribution in [0.2, 0.25) is 0 Å². The lowest BCUT2D eigenvalue weighted by atomic mass is 10.2. The average molecular weight is 423 g/mol. The van der Waals surface area contributed by atoms with Crippen molar-refractivity contribution in [1.29, 1.82) is 0 Å². The predicted molar refractivity (Wildman–Crippen MR) is 115 cm³/mol. The molecule has 0 spiro atoms. The number of rotatable bonds is 8. The van der Waals surface area contributed by atoms with Gasteiger partial charge in [0.05, 0.1) is 4.90 Å². The molecule has 0 bridgehead atoms. The van der Waals surface area contributed by atoms with Crippen molar-refractivity contribution in [3.05, 3.63) is 96.1 Å². The molecule has 3 rings (SSSR count). The largest absolute Gasteiger partial charge is 0.350 e. The third kappa shape index (κ3) is 5.68. The minimum absolute atomic E-state index is 0.0537. The van der Waals surface area contributed by atoms with E-state index >= 15 is 0 Å². The Hall–Kier alpha value is -3.65. The van der Waals surface area contributed by atoms with E-state index in [4.69, 9.17) is 0 Å². The Morgan fingerprint density at radius 3 is 1.63 bits per heavy atom. The maximum atomic E-state index is 12.4. The van der Waals surface area contributed by atoms with Gasteiger partial charge >= 0.3 is 0 Å². The number of carbonyl (C=O) groups excluding carboxylic acids is 2. The van der Waals surface area contributed by atoms with Gasteiger partial charge in [0.2, 0.25) is 0 Å². The summed E-state index contributed by atoms with van der Waals surface area (Å²) in [6.07, 6.45) is 0. The molecule has 0 radical (unpaired) electrons. The average Bonchev–Trinajstić information content (AvgIpc) is 2.77. The van der Waals surface area contributed by atoms with Crippen molar-refractivity contribution in [2.45, 2.75) is 4.90 Å². The van der Waals surface area contributed by atoms with Crippen LogP contribution in [0.15, 0.2) is 89.8 Å². The van der Waals surface area contributed by atoms with Crippen LogP contribution in [0.25, 0.3) is 0 Å². The Kier molecular flexibility index (Phi) is 6.82. The first-order valence-electron chi connectivity index (χ1n) is 9.25. The highest BCUT2D eigenvalue weighted by atomic mass is 32.2. The van der Waals surface area contributed by atoms with Gasteiger partial charge in [-0.1, -0.05) is 36.4 Å². The van der Waals surface area contributed by atoms with Crippen LogP contribution < -0.4 is 15.4 Å². The maximum absolute atomic E-state index is 12.4. The summed E-state index contributed by atoms with van der Waals surface area (Å²) < 4.78 is 27.3. The third-order valence-electron chi connectivity index (χ3n) is 4.18. The van der Waals surface area contributed by atoms with Crippen molar-refractivity contribution in [2.24, 2.45) is 0 Å². The molecule has 0 heterocycles. The van der Waals surface area contributed by atoms with E-state index in [0.29, 0.717) is 16.8 Å². The Balaban J connectivity index is 1.50. The molecule has 8 heteroatoms. The summed E-state index contributed by atoms with van der Waals surface area (Å²) in [6.45, 7) is 0.514. The predicted octanol–water partition coefficient (Wildman–Crippen LogP) is 2.65. The van der Waals surface area contributed by atoms with Crippen molar-refractivity contribution in [2.75, 3.05) is 17.8 Å². The highest BCUT2D eigenvalue weighted by Gasteiger charge is 2.15. The number of carbonyl (C=O) groups is 2. The number of para-hydroxylation sites is 1. The van der Waals surface area contributed by atoms with Gasteiger partial charge in [-0.25, -0.2) is 8.42 Å². The normalized spacial score (nSPS) is 10.8. The zero-order chi connectivity index (χ0) is 21.4. The Bertz CT molecular complexity index is 1100. The summed E-state index contributed by atoms with van der Waals surface area (Å²) in [4.78, 5) is 24.2. The molecule has 3 aromatic rings. The van der Waals surface area contributed by atoms with Gasteiger partial charge in [0, 0.05) is 29.9 Å². The van der Waals surface area contributed by atoms with Crippen LogP contribution in [-0.4, -0.2) is 33.3 Å². The second kappa shape index (κ2) is 9.71. The standard InChI is InChI=1S/C22H21N3O4S/c26-21(17-7-3-1-4-8-17)23-15-16-24-22(27)18-11-13-20(14-12-18)30(28,29)25-19-9-5-2-6-10-19/h1-14,25H,15-16H2,(H,23,26)(H,24,27). The van der Waals surface area contributed by atoms with Gasteiger partial charge in [0.1, 0.15) is 0 Å². The molecule has 2 amide bonds. The summed E-state index contributed by atoms with van der Waals surface area (Å²) >= 11 is 0. The monoisotopic (exact) mass is 423 g/mol. The molecule has 0 saturated heterocycles. The smallest absolute Gasteiger partial charge is 0.261 e. The minimum atomic E-state index is -3.74. The van der Waals surface area contributed by atoms with Crippen molar-refractivity contribution in [3.63, 3.8) is 0 Å². The lowest BCUT2D eigenvalue weighted by Crippen LogP contribution is -2.34. The molecule has 0 unspecified atom stereocenters. The number of nitrogens with one attached hydrogen (secondary N) is 3. The molecule has 3 aromatic carbocycles. The van der Waals surface area contributed by atoms with E-state index in [-0.39, 0.29) is 29.8 Å². The Morgan fingerprint density at radius 2 is 1.10 bits per heavy atom. The number of hydrogen-bond acceptors (Lipinski definition) is 4. The third-order valence-corrected chi connectivity index (χ3v) is 5.58. The van der Waals surface area contributed by atoms with Crippen molar-refractivity contribution in [3.8, 4) is 0 Å². The second-order valence-electron chi connectivity index (χ2n) is 6.37. The number of hydrogen-bond donors (Lipinski definition) is 3. The van der Waals surface area contributed by atoms with Crippen LogP contribution in [0.3, 0.4) is 0 Å². The van der Waals surface area contributed by atoms with Gasteiger partial charge < -0.3 is 10.6 Å². The maximum Gasteiger partial charge on any atom is 0.261 e. The summed E-state index contributed by atoms with van der Waals surface area (Å²) in [5.41, 5.74) is 1.32. The van der Waals surface area contributed by atoms with E-state index in [0.717, 1.165) is 0 Å². The van der Waals surface area contributed by atoms with E-state index in [1.807, 2.05) is 6.07 Å². The first-order chi connectivity index (χ1) is 14.5. The molecule has 0 aliphatic rings. The minimum Gasteiger partial charge on any atom is -0.350 e. The van der Waals surface area contributed by atoms with E-state index in [1.165, 1.54) is 24.3 Å². The Labute approximate surface area is 175 Å². The lowest BCUT2D eigenvalue weighted by Gasteiger charge is -2.09. The van der Waals surface area contributed by atoms with Crippen LogP contribution in [0.1, 0.15) is 20.7 Å². The quantitative estimate of drug-likeness (QED) is 0.485. The van der Waals surface area contributed by atoms with Gasteiger partial charge in [0.15, 0.2) is 0 Å². The van der Waals surface area contributed by atoms with Crippen LogP contribution in [0, 0.1) is 0 Å². The molecule has 0 aliphatic carbocycles. The van der Waals surface area contributed by atoms with Crippen LogP contribution in [-0.2, 0) is 10.0 Å².